The maximum atomic E-state index is 11.3. The molecule has 4 nitrogen and oxygen atoms in total. The second kappa shape index (κ2) is 3.68. The molecule has 0 spiro atoms. The van der Waals surface area contributed by atoms with Gasteiger partial charge in [0.25, 0.3) is 0 Å². The van der Waals surface area contributed by atoms with Crippen molar-refractivity contribution in [3.8, 4) is 0 Å². The molecule has 1 aliphatic rings. The molecule has 0 aromatic heterocycles. The van der Waals surface area contributed by atoms with Gasteiger partial charge in [-0.2, -0.15) is 0 Å². The topological polar surface area (TPSA) is 71.4 Å². The number of carbonyl (C=O) groups excluding carboxylic acids is 2. The lowest BCUT2D eigenvalue weighted by molar-refractivity contribution is -0.152. The SMILES string of the molecule is CC(=O)CC(=O)C1CCC1C(=O)O. The van der Waals surface area contributed by atoms with Crippen molar-refractivity contribution in [1.29, 1.82) is 0 Å². The Morgan fingerprint density at radius 3 is 2.08 bits per heavy atom. The number of aliphatic carboxylic acids is 1. The fourth-order valence-electron chi connectivity index (χ4n) is 1.56. The molecule has 1 saturated carbocycles. The van der Waals surface area contributed by atoms with E-state index in [0.29, 0.717) is 12.8 Å². The standard InChI is InChI=1S/C9H12O4/c1-5(10)4-8(11)6-2-3-7(6)9(12)13/h6-7H,2-4H2,1H3,(H,12,13). The molecule has 2 atom stereocenters. The van der Waals surface area contributed by atoms with E-state index in [-0.39, 0.29) is 18.0 Å². The van der Waals surface area contributed by atoms with E-state index in [4.69, 9.17) is 5.11 Å². The van der Waals surface area contributed by atoms with Crippen LogP contribution < -0.4 is 0 Å². The van der Waals surface area contributed by atoms with Gasteiger partial charge in [-0.25, -0.2) is 0 Å². The zero-order chi connectivity index (χ0) is 10.0. The number of Topliss-reactive ketones (excluding diaryl/α,β-unsaturated/α-hetero) is 2. The Hall–Kier alpha value is -1.19. The van der Waals surface area contributed by atoms with Crippen molar-refractivity contribution in [3.63, 3.8) is 0 Å². The van der Waals surface area contributed by atoms with Gasteiger partial charge in [0.05, 0.1) is 12.3 Å². The molecule has 4 heteroatoms. The minimum atomic E-state index is -0.923. The second-order valence-corrected chi connectivity index (χ2v) is 3.47. The van der Waals surface area contributed by atoms with Gasteiger partial charge in [-0.15, -0.1) is 0 Å². The van der Waals surface area contributed by atoms with E-state index in [1.807, 2.05) is 0 Å². The van der Waals surface area contributed by atoms with Crippen molar-refractivity contribution in [2.45, 2.75) is 26.2 Å². The zero-order valence-corrected chi connectivity index (χ0v) is 7.45. The molecule has 0 heterocycles. The van der Waals surface area contributed by atoms with Gasteiger partial charge in [-0.1, -0.05) is 0 Å². The molecule has 2 unspecified atom stereocenters. The van der Waals surface area contributed by atoms with Crippen LogP contribution >= 0.6 is 0 Å². The van der Waals surface area contributed by atoms with Gasteiger partial charge in [0.15, 0.2) is 0 Å². The van der Waals surface area contributed by atoms with Crippen molar-refractivity contribution in [1.82, 2.24) is 0 Å². The fourth-order valence-corrected chi connectivity index (χ4v) is 1.56. The van der Waals surface area contributed by atoms with Crippen molar-refractivity contribution in [3.05, 3.63) is 0 Å². The third kappa shape index (κ3) is 2.14. The van der Waals surface area contributed by atoms with Gasteiger partial charge < -0.3 is 5.11 Å². The average molecular weight is 184 g/mol. The summed E-state index contributed by atoms with van der Waals surface area (Å²) in [5.41, 5.74) is 0. The molecular weight excluding hydrogens is 172 g/mol. The predicted molar refractivity (Wildman–Crippen MR) is 44.2 cm³/mol. The van der Waals surface area contributed by atoms with Crippen LogP contribution in [0.15, 0.2) is 0 Å². The van der Waals surface area contributed by atoms with Crippen molar-refractivity contribution in [2.24, 2.45) is 11.8 Å². The number of carboxylic acid groups (broad SMARTS) is 1. The highest BCUT2D eigenvalue weighted by molar-refractivity contribution is 6.00. The summed E-state index contributed by atoms with van der Waals surface area (Å²) in [6.45, 7) is 1.34. The van der Waals surface area contributed by atoms with Gasteiger partial charge in [0.2, 0.25) is 0 Å². The first-order valence-electron chi connectivity index (χ1n) is 4.27. The van der Waals surface area contributed by atoms with Crippen molar-refractivity contribution < 1.29 is 19.5 Å². The third-order valence-corrected chi connectivity index (χ3v) is 2.43. The normalized spacial score (nSPS) is 26.2. The summed E-state index contributed by atoms with van der Waals surface area (Å²) in [6, 6.07) is 0. The lowest BCUT2D eigenvalue weighted by Crippen LogP contribution is -2.38. The Balaban J connectivity index is 2.49. The monoisotopic (exact) mass is 184 g/mol. The van der Waals surface area contributed by atoms with Crippen LogP contribution in [0.25, 0.3) is 0 Å². The Morgan fingerprint density at radius 2 is 1.77 bits per heavy atom. The van der Waals surface area contributed by atoms with Crippen LogP contribution in [0.2, 0.25) is 0 Å². The molecule has 1 rings (SSSR count). The first kappa shape index (κ1) is 9.89. The van der Waals surface area contributed by atoms with E-state index in [1.165, 1.54) is 6.92 Å². The van der Waals surface area contributed by atoms with Crippen LogP contribution in [0.4, 0.5) is 0 Å². The molecule has 0 saturated heterocycles. The summed E-state index contributed by atoms with van der Waals surface area (Å²) >= 11 is 0. The molecular formula is C9H12O4. The van der Waals surface area contributed by atoms with Gasteiger partial charge in [0.1, 0.15) is 11.6 Å². The van der Waals surface area contributed by atoms with Crippen molar-refractivity contribution in [2.75, 3.05) is 0 Å². The highest BCUT2D eigenvalue weighted by Gasteiger charge is 2.40. The van der Waals surface area contributed by atoms with Gasteiger partial charge in [-0.3, -0.25) is 14.4 Å². The molecule has 0 aromatic carbocycles. The lowest BCUT2D eigenvalue weighted by Gasteiger charge is -2.31. The van der Waals surface area contributed by atoms with Crippen molar-refractivity contribution >= 4 is 17.5 Å². The van der Waals surface area contributed by atoms with E-state index in [9.17, 15) is 14.4 Å². The van der Waals surface area contributed by atoms with Crippen LogP contribution in [0.5, 0.6) is 0 Å². The molecule has 1 N–H and O–H groups in total. The summed E-state index contributed by atoms with van der Waals surface area (Å²) in [7, 11) is 0. The first-order chi connectivity index (χ1) is 6.02. The lowest BCUT2D eigenvalue weighted by atomic mass is 9.70. The molecule has 0 radical (unpaired) electrons. The largest absolute Gasteiger partial charge is 0.481 e. The van der Waals surface area contributed by atoms with Crippen LogP contribution in [-0.4, -0.2) is 22.6 Å². The van der Waals surface area contributed by atoms with E-state index in [0.717, 1.165) is 0 Å². The molecule has 0 bridgehead atoms. The number of hydrogen-bond donors (Lipinski definition) is 1. The molecule has 1 fully saturated rings. The summed E-state index contributed by atoms with van der Waals surface area (Å²) in [5, 5.41) is 8.65. The molecule has 0 aromatic rings. The van der Waals surface area contributed by atoms with Gasteiger partial charge in [-0.05, 0) is 19.8 Å². The summed E-state index contributed by atoms with van der Waals surface area (Å²) in [5.74, 6) is -2.30. The quantitative estimate of drug-likeness (QED) is 0.651. The average Bonchev–Trinajstić information content (AvgIpc) is 1.79. The Morgan fingerprint density at radius 1 is 1.23 bits per heavy atom. The summed E-state index contributed by atoms with van der Waals surface area (Å²) in [6.07, 6.45) is 1.06. The number of carboxylic acids is 1. The first-order valence-corrected chi connectivity index (χ1v) is 4.27. The molecule has 13 heavy (non-hydrogen) atoms. The van der Waals surface area contributed by atoms with E-state index in [1.54, 1.807) is 0 Å². The minimum absolute atomic E-state index is 0.117. The zero-order valence-electron chi connectivity index (χ0n) is 7.45. The predicted octanol–water partition coefficient (Wildman–Crippen LogP) is 0.645. The Bertz CT molecular complexity index is 256. The highest BCUT2D eigenvalue weighted by atomic mass is 16.4. The van der Waals surface area contributed by atoms with Crippen LogP contribution in [0.1, 0.15) is 26.2 Å². The van der Waals surface area contributed by atoms with Crippen LogP contribution in [0, 0.1) is 11.8 Å². The maximum absolute atomic E-state index is 11.3. The van der Waals surface area contributed by atoms with Crippen LogP contribution in [-0.2, 0) is 14.4 Å². The number of hydrogen-bond acceptors (Lipinski definition) is 3. The highest BCUT2D eigenvalue weighted by Crippen LogP contribution is 2.35. The Labute approximate surface area is 75.9 Å². The molecule has 0 aliphatic heterocycles. The van der Waals surface area contributed by atoms with Gasteiger partial charge in [0, 0.05) is 5.92 Å². The third-order valence-electron chi connectivity index (χ3n) is 2.43. The molecule has 1 aliphatic carbocycles. The summed E-state index contributed by atoms with van der Waals surface area (Å²) in [4.78, 5) is 32.4. The number of rotatable bonds is 4. The number of ketones is 2. The van der Waals surface area contributed by atoms with Gasteiger partial charge >= 0.3 is 5.97 Å². The fraction of sp³-hybridized carbons (Fsp3) is 0.667. The smallest absolute Gasteiger partial charge is 0.307 e. The second-order valence-electron chi connectivity index (χ2n) is 3.47. The maximum Gasteiger partial charge on any atom is 0.307 e. The van der Waals surface area contributed by atoms with E-state index < -0.39 is 17.8 Å². The van der Waals surface area contributed by atoms with E-state index in [2.05, 4.69) is 0 Å². The molecule has 0 amide bonds. The minimum Gasteiger partial charge on any atom is -0.481 e. The Kier molecular flexibility index (Phi) is 2.80. The number of carbonyl (C=O) groups is 3. The molecule has 72 valence electrons. The summed E-state index contributed by atoms with van der Waals surface area (Å²) < 4.78 is 0. The van der Waals surface area contributed by atoms with E-state index >= 15 is 0 Å². The van der Waals surface area contributed by atoms with Crippen LogP contribution in [0.3, 0.4) is 0 Å².